The molecule has 0 aliphatic heterocycles. The molecule has 4 heteroatoms. The summed E-state index contributed by atoms with van der Waals surface area (Å²) in [6, 6.07) is 8.37. The van der Waals surface area contributed by atoms with Gasteiger partial charge in [0.05, 0.1) is 12.0 Å². The Kier molecular flexibility index (Phi) is 3.80. The van der Waals surface area contributed by atoms with Crippen LogP contribution >= 0.6 is 0 Å². The molecule has 0 radical (unpaired) electrons. The summed E-state index contributed by atoms with van der Waals surface area (Å²) in [5, 5.41) is 4.66. The molecule has 0 aliphatic rings. The molecule has 1 atom stereocenters. The number of fused-ring (bicyclic) bond motifs is 1. The van der Waals surface area contributed by atoms with E-state index in [2.05, 4.69) is 42.3 Å². The Morgan fingerprint density at radius 3 is 2.90 bits per heavy atom. The summed E-state index contributed by atoms with van der Waals surface area (Å²) in [7, 11) is 1.98. The van der Waals surface area contributed by atoms with Crippen LogP contribution in [-0.4, -0.2) is 16.1 Å². The highest BCUT2D eigenvalue weighted by Crippen LogP contribution is 2.28. The van der Waals surface area contributed by atoms with Gasteiger partial charge >= 0.3 is 0 Å². The van der Waals surface area contributed by atoms with Gasteiger partial charge in [-0.25, -0.2) is 4.98 Å². The predicted molar refractivity (Wildman–Crippen MR) is 84.3 cm³/mol. The lowest BCUT2D eigenvalue weighted by molar-refractivity contribution is 0.464. The van der Waals surface area contributed by atoms with E-state index in [1.54, 1.807) is 0 Å². The van der Waals surface area contributed by atoms with Crippen LogP contribution in [0.2, 0.25) is 0 Å². The van der Waals surface area contributed by atoms with E-state index in [0.717, 1.165) is 35.4 Å². The minimum Gasteiger partial charge on any atom is -0.459 e. The molecule has 3 rings (SSSR count). The number of hydrogen-bond acceptors (Lipinski definition) is 3. The van der Waals surface area contributed by atoms with E-state index in [1.165, 1.54) is 5.56 Å². The summed E-state index contributed by atoms with van der Waals surface area (Å²) in [6.45, 7) is 5.18. The number of benzene rings is 1. The van der Waals surface area contributed by atoms with Gasteiger partial charge in [-0.3, -0.25) is 0 Å². The van der Waals surface area contributed by atoms with E-state index in [-0.39, 0.29) is 6.04 Å². The average Bonchev–Trinajstić information content (AvgIpc) is 3.05. The fraction of sp³-hybridized carbons (Fsp3) is 0.353. The van der Waals surface area contributed by atoms with Crippen LogP contribution in [0.15, 0.2) is 41.2 Å². The average molecular weight is 283 g/mol. The van der Waals surface area contributed by atoms with Crippen LogP contribution in [0.25, 0.3) is 11.0 Å². The maximum atomic E-state index is 6.03. The lowest BCUT2D eigenvalue weighted by Crippen LogP contribution is -2.23. The molecule has 2 aromatic heterocycles. The van der Waals surface area contributed by atoms with Crippen LogP contribution in [0.5, 0.6) is 0 Å². The molecule has 110 valence electrons. The number of hydrogen-bond donors (Lipinski definition) is 1. The van der Waals surface area contributed by atoms with Crippen molar-refractivity contribution in [1.82, 2.24) is 14.9 Å². The number of aryl methyl sites for hydroxylation is 2. The highest BCUT2D eigenvalue weighted by Gasteiger charge is 2.20. The molecule has 0 spiro atoms. The van der Waals surface area contributed by atoms with Crippen molar-refractivity contribution >= 4 is 11.0 Å². The van der Waals surface area contributed by atoms with Crippen molar-refractivity contribution in [2.24, 2.45) is 7.05 Å². The van der Waals surface area contributed by atoms with Gasteiger partial charge in [-0.15, -0.1) is 0 Å². The van der Waals surface area contributed by atoms with Crippen molar-refractivity contribution in [1.29, 1.82) is 0 Å². The molecular formula is C17H21N3O. The highest BCUT2D eigenvalue weighted by atomic mass is 16.3. The molecule has 0 fully saturated rings. The number of rotatable bonds is 5. The predicted octanol–water partition coefficient (Wildman–Crippen LogP) is 3.56. The SMILES string of the molecule is CCCNC(c1cn(C)cn1)c1cc2cc(C)ccc2o1. The molecule has 4 nitrogen and oxygen atoms in total. The zero-order valence-corrected chi connectivity index (χ0v) is 12.8. The Bertz CT molecular complexity index is 741. The minimum atomic E-state index is -0.00106. The molecule has 2 heterocycles. The number of furan rings is 1. The van der Waals surface area contributed by atoms with Gasteiger partial charge in [-0.1, -0.05) is 18.6 Å². The lowest BCUT2D eigenvalue weighted by Gasteiger charge is -2.13. The fourth-order valence-corrected chi connectivity index (χ4v) is 2.55. The summed E-state index contributed by atoms with van der Waals surface area (Å²) in [5.74, 6) is 0.919. The number of nitrogens with one attached hydrogen (secondary N) is 1. The molecule has 1 aromatic carbocycles. The van der Waals surface area contributed by atoms with Crippen LogP contribution < -0.4 is 5.32 Å². The first kappa shape index (κ1) is 13.9. The van der Waals surface area contributed by atoms with Crippen LogP contribution in [0.4, 0.5) is 0 Å². The molecule has 0 saturated carbocycles. The van der Waals surface area contributed by atoms with Gasteiger partial charge in [0, 0.05) is 18.6 Å². The molecule has 3 aromatic rings. The summed E-state index contributed by atoms with van der Waals surface area (Å²) < 4.78 is 8.00. The number of imidazole rings is 1. The Hall–Kier alpha value is -2.07. The zero-order chi connectivity index (χ0) is 14.8. The topological polar surface area (TPSA) is 43.0 Å². The normalized spacial score (nSPS) is 12.9. The van der Waals surface area contributed by atoms with E-state index in [9.17, 15) is 0 Å². The smallest absolute Gasteiger partial charge is 0.134 e. The fourth-order valence-electron chi connectivity index (χ4n) is 2.55. The monoisotopic (exact) mass is 283 g/mol. The van der Waals surface area contributed by atoms with Crippen molar-refractivity contribution < 1.29 is 4.42 Å². The van der Waals surface area contributed by atoms with Gasteiger partial charge in [0.25, 0.3) is 0 Å². The first-order valence-electron chi connectivity index (χ1n) is 7.38. The first-order valence-corrected chi connectivity index (χ1v) is 7.38. The highest BCUT2D eigenvalue weighted by molar-refractivity contribution is 5.78. The van der Waals surface area contributed by atoms with Gasteiger partial charge in [0.2, 0.25) is 0 Å². The molecule has 1 N–H and O–H groups in total. The minimum absolute atomic E-state index is 0.00106. The molecule has 0 aliphatic carbocycles. The summed E-state index contributed by atoms with van der Waals surface area (Å²) in [5.41, 5.74) is 3.15. The maximum absolute atomic E-state index is 6.03. The Morgan fingerprint density at radius 1 is 1.33 bits per heavy atom. The van der Waals surface area contributed by atoms with Crippen LogP contribution in [0, 0.1) is 6.92 Å². The Balaban J connectivity index is 2.00. The molecule has 0 saturated heterocycles. The van der Waals surface area contributed by atoms with Crippen molar-refractivity contribution in [2.75, 3.05) is 6.54 Å². The second-order valence-corrected chi connectivity index (χ2v) is 5.54. The third-order valence-electron chi connectivity index (χ3n) is 3.59. The summed E-state index contributed by atoms with van der Waals surface area (Å²) in [6.07, 6.45) is 4.93. The largest absolute Gasteiger partial charge is 0.459 e. The summed E-state index contributed by atoms with van der Waals surface area (Å²) in [4.78, 5) is 4.47. The molecule has 21 heavy (non-hydrogen) atoms. The number of aromatic nitrogens is 2. The number of nitrogens with zero attached hydrogens (tertiary/aromatic N) is 2. The third-order valence-corrected chi connectivity index (χ3v) is 3.59. The van der Waals surface area contributed by atoms with Crippen molar-refractivity contribution in [2.45, 2.75) is 26.3 Å². The zero-order valence-electron chi connectivity index (χ0n) is 12.8. The second-order valence-electron chi connectivity index (χ2n) is 5.54. The molecule has 0 amide bonds. The quantitative estimate of drug-likeness (QED) is 0.778. The standard InChI is InChI=1S/C17H21N3O/c1-4-7-18-17(14-10-20(3)11-19-14)16-9-13-8-12(2)5-6-15(13)21-16/h5-6,8-11,17-18H,4,7H2,1-3H3. The van der Waals surface area contributed by atoms with E-state index in [4.69, 9.17) is 4.42 Å². The van der Waals surface area contributed by atoms with E-state index >= 15 is 0 Å². The Labute approximate surface area is 124 Å². The second kappa shape index (κ2) is 5.74. The molecular weight excluding hydrogens is 262 g/mol. The van der Waals surface area contributed by atoms with Gasteiger partial charge < -0.3 is 14.3 Å². The van der Waals surface area contributed by atoms with Gasteiger partial charge in [0.15, 0.2) is 0 Å². The van der Waals surface area contributed by atoms with Crippen molar-refractivity contribution in [3.63, 3.8) is 0 Å². The van der Waals surface area contributed by atoms with E-state index < -0.39 is 0 Å². The van der Waals surface area contributed by atoms with Crippen LogP contribution in [0.3, 0.4) is 0 Å². The van der Waals surface area contributed by atoms with Gasteiger partial charge in [0.1, 0.15) is 17.4 Å². The first-order chi connectivity index (χ1) is 10.2. The van der Waals surface area contributed by atoms with Crippen molar-refractivity contribution in [3.8, 4) is 0 Å². The van der Waals surface area contributed by atoms with Crippen molar-refractivity contribution in [3.05, 3.63) is 53.8 Å². The third kappa shape index (κ3) is 2.85. The lowest BCUT2D eigenvalue weighted by atomic mass is 10.1. The molecule has 0 bridgehead atoms. The van der Waals surface area contributed by atoms with E-state index in [1.807, 2.05) is 30.2 Å². The van der Waals surface area contributed by atoms with Crippen LogP contribution in [0.1, 0.15) is 36.4 Å². The van der Waals surface area contributed by atoms with Gasteiger partial charge in [-0.2, -0.15) is 0 Å². The van der Waals surface area contributed by atoms with Crippen LogP contribution in [-0.2, 0) is 7.05 Å². The molecule has 1 unspecified atom stereocenters. The Morgan fingerprint density at radius 2 is 2.19 bits per heavy atom. The maximum Gasteiger partial charge on any atom is 0.134 e. The van der Waals surface area contributed by atoms with E-state index in [0.29, 0.717) is 0 Å². The van der Waals surface area contributed by atoms with Gasteiger partial charge in [-0.05, 0) is 38.1 Å². The summed E-state index contributed by atoms with van der Waals surface area (Å²) >= 11 is 0.